The van der Waals surface area contributed by atoms with E-state index in [1.165, 1.54) is 13.0 Å². The lowest BCUT2D eigenvalue weighted by atomic mass is 9.74. The van der Waals surface area contributed by atoms with Gasteiger partial charge in [0.1, 0.15) is 5.82 Å². The van der Waals surface area contributed by atoms with Crippen molar-refractivity contribution in [3.05, 3.63) is 34.1 Å². The molecule has 0 saturated carbocycles. The van der Waals surface area contributed by atoms with Crippen molar-refractivity contribution < 1.29 is 19.0 Å². The van der Waals surface area contributed by atoms with E-state index in [2.05, 4.69) is 21.2 Å². The summed E-state index contributed by atoms with van der Waals surface area (Å²) >= 11 is 3.32. The number of nitrogens with one attached hydrogen (secondary N) is 1. The SMILES string of the molecule is CC(=O)N[C@@]1(c2cc(Br)ccc2F)CO[C@@H](C)C[C@H]1CO. The summed E-state index contributed by atoms with van der Waals surface area (Å²) in [6.45, 7) is 3.26. The van der Waals surface area contributed by atoms with E-state index in [9.17, 15) is 14.3 Å². The number of carbonyl (C=O) groups is 1. The predicted octanol–water partition coefficient (Wildman–Crippen LogP) is 2.34. The van der Waals surface area contributed by atoms with Crippen LogP contribution in [-0.2, 0) is 15.1 Å². The average molecular weight is 360 g/mol. The Hall–Kier alpha value is -0.980. The zero-order valence-corrected chi connectivity index (χ0v) is 13.6. The quantitative estimate of drug-likeness (QED) is 0.870. The number of aliphatic hydroxyl groups is 1. The van der Waals surface area contributed by atoms with Crippen LogP contribution >= 0.6 is 15.9 Å². The third-order valence-corrected chi connectivity index (χ3v) is 4.43. The zero-order chi connectivity index (χ0) is 15.6. The number of hydrogen-bond acceptors (Lipinski definition) is 3. The van der Waals surface area contributed by atoms with E-state index >= 15 is 0 Å². The van der Waals surface area contributed by atoms with E-state index in [0.29, 0.717) is 16.5 Å². The third-order valence-electron chi connectivity index (χ3n) is 3.94. The molecule has 0 unspecified atom stereocenters. The highest BCUT2D eigenvalue weighted by molar-refractivity contribution is 9.10. The lowest BCUT2D eigenvalue weighted by molar-refractivity contribution is -0.130. The minimum atomic E-state index is -1.05. The molecular formula is C15H19BrFNO3. The molecule has 1 aliphatic rings. The molecule has 1 saturated heterocycles. The molecule has 2 N–H and O–H groups in total. The number of amides is 1. The van der Waals surface area contributed by atoms with Crippen LogP contribution in [0, 0.1) is 11.7 Å². The van der Waals surface area contributed by atoms with Crippen molar-refractivity contribution in [2.75, 3.05) is 13.2 Å². The molecule has 6 heteroatoms. The predicted molar refractivity (Wildman–Crippen MR) is 80.2 cm³/mol. The lowest BCUT2D eigenvalue weighted by Gasteiger charge is -2.46. The molecular weight excluding hydrogens is 341 g/mol. The highest BCUT2D eigenvalue weighted by atomic mass is 79.9. The van der Waals surface area contributed by atoms with Gasteiger partial charge in [-0.05, 0) is 31.5 Å². The van der Waals surface area contributed by atoms with Crippen LogP contribution in [0.1, 0.15) is 25.8 Å². The van der Waals surface area contributed by atoms with E-state index < -0.39 is 11.4 Å². The van der Waals surface area contributed by atoms with Gasteiger partial charge in [-0.1, -0.05) is 15.9 Å². The first kappa shape index (κ1) is 16.4. The lowest BCUT2D eigenvalue weighted by Crippen LogP contribution is -2.59. The molecule has 0 bridgehead atoms. The maximum absolute atomic E-state index is 14.3. The van der Waals surface area contributed by atoms with Gasteiger partial charge in [0.15, 0.2) is 0 Å². The number of ether oxygens (including phenoxy) is 1. The summed E-state index contributed by atoms with van der Waals surface area (Å²) in [7, 11) is 0. The second-order valence-corrected chi connectivity index (χ2v) is 6.43. The topological polar surface area (TPSA) is 58.6 Å². The summed E-state index contributed by atoms with van der Waals surface area (Å²) in [6, 6.07) is 4.57. The summed E-state index contributed by atoms with van der Waals surface area (Å²) in [5.74, 6) is -1.02. The van der Waals surface area contributed by atoms with Crippen LogP contribution in [0.5, 0.6) is 0 Å². The normalized spacial score (nSPS) is 29.2. The first-order chi connectivity index (χ1) is 9.89. The van der Waals surface area contributed by atoms with Crippen molar-refractivity contribution in [1.82, 2.24) is 5.32 Å². The van der Waals surface area contributed by atoms with E-state index in [-0.39, 0.29) is 31.1 Å². The molecule has 2 rings (SSSR count). The standard InChI is InChI=1S/C15H19BrFNO3/c1-9-5-11(7-19)15(8-21-9,18-10(2)20)13-6-12(16)3-4-14(13)17/h3-4,6,9,11,19H,5,7-8H2,1-2H3,(H,18,20)/t9-,11-,15-/m0/s1. The van der Waals surface area contributed by atoms with Gasteiger partial charge in [0.2, 0.25) is 5.91 Å². The molecule has 21 heavy (non-hydrogen) atoms. The van der Waals surface area contributed by atoms with Crippen LogP contribution in [0.4, 0.5) is 4.39 Å². The van der Waals surface area contributed by atoms with Gasteiger partial charge in [-0.15, -0.1) is 0 Å². The van der Waals surface area contributed by atoms with Gasteiger partial charge in [0, 0.05) is 29.5 Å². The number of rotatable bonds is 3. The van der Waals surface area contributed by atoms with Crippen molar-refractivity contribution in [3.8, 4) is 0 Å². The maximum Gasteiger partial charge on any atom is 0.217 e. The third kappa shape index (κ3) is 3.27. The molecule has 0 spiro atoms. The molecule has 1 heterocycles. The number of halogens is 2. The van der Waals surface area contributed by atoms with Crippen molar-refractivity contribution >= 4 is 21.8 Å². The fraction of sp³-hybridized carbons (Fsp3) is 0.533. The highest BCUT2D eigenvalue weighted by Gasteiger charge is 2.47. The highest BCUT2D eigenvalue weighted by Crippen LogP contribution is 2.39. The second-order valence-electron chi connectivity index (χ2n) is 5.51. The Kier molecular flexibility index (Phi) is 5.01. The summed E-state index contributed by atoms with van der Waals surface area (Å²) in [5, 5.41) is 12.6. The van der Waals surface area contributed by atoms with E-state index in [1.807, 2.05) is 6.92 Å². The number of aliphatic hydroxyl groups excluding tert-OH is 1. The summed E-state index contributed by atoms with van der Waals surface area (Å²) < 4.78 is 20.7. The van der Waals surface area contributed by atoms with Crippen molar-refractivity contribution in [2.45, 2.75) is 31.9 Å². The number of carbonyl (C=O) groups excluding carboxylic acids is 1. The first-order valence-electron chi connectivity index (χ1n) is 6.86. The van der Waals surface area contributed by atoms with Crippen LogP contribution in [0.25, 0.3) is 0 Å². The van der Waals surface area contributed by atoms with Gasteiger partial charge >= 0.3 is 0 Å². The van der Waals surface area contributed by atoms with Crippen LogP contribution in [0.3, 0.4) is 0 Å². The van der Waals surface area contributed by atoms with Crippen LogP contribution in [0.2, 0.25) is 0 Å². The Morgan fingerprint density at radius 1 is 1.62 bits per heavy atom. The molecule has 1 aromatic carbocycles. The van der Waals surface area contributed by atoms with Gasteiger partial charge < -0.3 is 15.2 Å². The monoisotopic (exact) mass is 359 g/mol. The van der Waals surface area contributed by atoms with E-state index in [4.69, 9.17) is 4.74 Å². The Morgan fingerprint density at radius 2 is 2.33 bits per heavy atom. The second kappa shape index (κ2) is 6.42. The maximum atomic E-state index is 14.3. The minimum absolute atomic E-state index is 0.0424. The van der Waals surface area contributed by atoms with Crippen molar-refractivity contribution in [1.29, 1.82) is 0 Å². The Bertz CT molecular complexity index is 540. The van der Waals surface area contributed by atoms with Crippen LogP contribution < -0.4 is 5.32 Å². The summed E-state index contributed by atoms with van der Waals surface area (Å²) in [6.07, 6.45) is 0.502. The molecule has 1 aromatic rings. The van der Waals surface area contributed by atoms with E-state index in [1.54, 1.807) is 12.1 Å². The molecule has 3 atom stereocenters. The van der Waals surface area contributed by atoms with Crippen molar-refractivity contribution in [3.63, 3.8) is 0 Å². The molecule has 0 aliphatic carbocycles. The zero-order valence-electron chi connectivity index (χ0n) is 12.0. The summed E-state index contributed by atoms with van der Waals surface area (Å²) in [4.78, 5) is 11.6. The molecule has 4 nitrogen and oxygen atoms in total. The molecule has 0 radical (unpaired) electrons. The Balaban J connectivity index is 2.55. The smallest absolute Gasteiger partial charge is 0.217 e. The van der Waals surface area contributed by atoms with E-state index in [0.717, 1.165) is 0 Å². The molecule has 1 fully saturated rings. The van der Waals surface area contributed by atoms with Gasteiger partial charge in [-0.25, -0.2) is 4.39 Å². The van der Waals surface area contributed by atoms with Crippen LogP contribution in [0.15, 0.2) is 22.7 Å². The van der Waals surface area contributed by atoms with Gasteiger partial charge in [-0.3, -0.25) is 4.79 Å². The minimum Gasteiger partial charge on any atom is -0.396 e. The Labute approximate surface area is 131 Å². The molecule has 116 valence electrons. The fourth-order valence-electron chi connectivity index (χ4n) is 2.95. The number of benzene rings is 1. The largest absolute Gasteiger partial charge is 0.396 e. The van der Waals surface area contributed by atoms with Gasteiger partial charge in [-0.2, -0.15) is 0 Å². The molecule has 1 aliphatic heterocycles. The number of hydrogen-bond donors (Lipinski definition) is 2. The van der Waals surface area contributed by atoms with Crippen LogP contribution in [-0.4, -0.2) is 30.3 Å². The Morgan fingerprint density at radius 3 is 2.95 bits per heavy atom. The molecule has 1 amide bonds. The average Bonchev–Trinajstić information content (AvgIpc) is 2.43. The van der Waals surface area contributed by atoms with Gasteiger partial charge in [0.25, 0.3) is 0 Å². The van der Waals surface area contributed by atoms with Crippen molar-refractivity contribution in [2.24, 2.45) is 5.92 Å². The first-order valence-corrected chi connectivity index (χ1v) is 7.65. The molecule has 0 aromatic heterocycles. The fourth-order valence-corrected chi connectivity index (χ4v) is 3.31. The summed E-state index contributed by atoms with van der Waals surface area (Å²) in [5.41, 5.74) is -0.723. The van der Waals surface area contributed by atoms with Gasteiger partial charge in [0.05, 0.1) is 18.2 Å².